The minimum absolute atomic E-state index is 0.681. The van der Waals surface area contributed by atoms with Crippen LogP contribution in [-0.4, -0.2) is 4.83 Å². The van der Waals surface area contributed by atoms with E-state index in [4.69, 9.17) is 0 Å². The van der Waals surface area contributed by atoms with Gasteiger partial charge in [-0.1, -0.05) is 52.7 Å². The Hall–Kier alpha value is -0.300. The molecule has 3 atom stereocenters. The van der Waals surface area contributed by atoms with Crippen LogP contribution in [0.5, 0.6) is 0 Å². The largest absolute Gasteiger partial charge is 0.0884 e. The predicted octanol–water partition coefficient (Wildman–Crippen LogP) is 3.96. The molecule has 76 valence electrons. The predicted molar refractivity (Wildman–Crippen MR) is 64.9 cm³/mol. The second kappa shape index (κ2) is 4.06. The van der Waals surface area contributed by atoms with Gasteiger partial charge in [-0.3, -0.25) is 0 Å². The fourth-order valence-electron chi connectivity index (χ4n) is 1.96. The van der Waals surface area contributed by atoms with Crippen LogP contribution in [-0.2, 0) is 6.42 Å². The molecule has 1 heteroatoms. The molecule has 1 aromatic rings. The van der Waals surface area contributed by atoms with E-state index in [9.17, 15) is 0 Å². The Morgan fingerprint density at radius 1 is 1.36 bits per heavy atom. The first-order valence-corrected chi connectivity index (χ1v) is 6.28. The molecule has 0 aliphatic heterocycles. The van der Waals surface area contributed by atoms with E-state index in [1.54, 1.807) is 0 Å². The van der Waals surface area contributed by atoms with E-state index in [0.29, 0.717) is 4.83 Å². The summed E-state index contributed by atoms with van der Waals surface area (Å²) in [5, 5.41) is 0. The molecule has 0 radical (unpaired) electrons. The van der Waals surface area contributed by atoms with Gasteiger partial charge in [-0.15, -0.1) is 0 Å². The van der Waals surface area contributed by atoms with Gasteiger partial charge in [0.15, 0.2) is 0 Å². The summed E-state index contributed by atoms with van der Waals surface area (Å²) >= 11 is 3.80. The molecular formula is C13H17Br. The molecule has 0 spiro atoms. The number of rotatable bonds is 3. The second-order valence-corrected chi connectivity index (χ2v) is 5.76. The Morgan fingerprint density at radius 3 is 2.43 bits per heavy atom. The molecule has 0 bridgehead atoms. The summed E-state index contributed by atoms with van der Waals surface area (Å²) in [7, 11) is 0. The molecule has 0 amide bonds. The Balaban J connectivity index is 1.93. The van der Waals surface area contributed by atoms with Crippen LogP contribution in [0.2, 0.25) is 0 Å². The topological polar surface area (TPSA) is 0 Å². The van der Waals surface area contributed by atoms with E-state index >= 15 is 0 Å². The molecular weight excluding hydrogens is 236 g/mol. The van der Waals surface area contributed by atoms with Gasteiger partial charge in [-0.2, -0.15) is 0 Å². The monoisotopic (exact) mass is 252 g/mol. The summed E-state index contributed by atoms with van der Waals surface area (Å²) in [6.07, 6.45) is 2.58. The molecule has 0 N–H and O–H groups in total. The first-order chi connectivity index (χ1) is 6.66. The fraction of sp³-hybridized carbons (Fsp3) is 0.538. The van der Waals surface area contributed by atoms with E-state index in [0.717, 1.165) is 11.8 Å². The molecule has 3 unspecified atom stereocenters. The minimum atomic E-state index is 0.681. The zero-order chi connectivity index (χ0) is 10.1. The van der Waals surface area contributed by atoms with Crippen molar-refractivity contribution in [1.82, 2.24) is 0 Å². The molecule has 0 nitrogen and oxygen atoms in total. The van der Waals surface area contributed by atoms with Gasteiger partial charge in [0, 0.05) is 4.83 Å². The lowest BCUT2D eigenvalue weighted by atomic mass is 10.1. The molecule has 1 aliphatic carbocycles. The van der Waals surface area contributed by atoms with Crippen molar-refractivity contribution < 1.29 is 0 Å². The Bertz CT molecular complexity index is 302. The Kier molecular flexibility index (Phi) is 2.96. The van der Waals surface area contributed by atoms with Gasteiger partial charge in [-0.25, -0.2) is 0 Å². The van der Waals surface area contributed by atoms with Gasteiger partial charge in [-0.05, 0) is 37.2 Å². The molecule has 1 aliphatic rings. The maximum atomic E-state index is 3.80. The lowest BCUT2D eigenvalue weighted by Crippen LogP contribution is -2.06. The molecule has 1 saturated carbocycles. The highest BCUT2D eigenvalue weighted by molar-refractivity contribution is 9.09. The number of benzene rings is 1. The molecule has 1 aromatic carbocycles. The maximum Gasteiger partial charge on any atom is 0.0217 e. The highest BCUT2D eigenvalue weighted by Crippen LogP contribution is 2.44. The van der Waals surface area contributed by atoms with E-state index in [-0.39, 0.29) is 0 Å². The van der Waals surface area contributed by atoms with Crippen molar-refractivity contribution in [3.63, 3.8) is 0 Å². The van der Waals surface area contributed by atoms with Crippen LogP contribution in [0.4, 0.5) is 0 Å². The molecule has 0 aromatic heterocycles. The van der Waals surface area contributed by atoms with Crippen LogP contribution in [0.15, 0.2) is 24.3 Å². The molecule has 0 heterocycles. The summed E-state index contributed by atoms with van der Waals surface area (Å²) in [6, 6.07) is 8.89. The van der Waals surface area contributed by atoms with Crippen molar-refractivity contribution in [2.45, 2.75) is 31.5 Å². The summed E-state index contributed by atoms with van der Waals surface area (Å²) in [5.41, 5.74) is 2.80. The number of hydrogen-bond donors (Lipinski definition) is 0. The van der Waals surface area contributed by atoms with Crippen LogP contribution in [0, 0.1) is 18.8 Å². The maximum absolute atomic E-state index is 3.80. The average Bonchev–Trinajstić information content (AvgIpc) is 2.87. The van der Waals surface area contributed by atoms with E-state index in [2.05, 4.69) is 54.0 Å². The summed E-state index contributed by atoms with van der Waals surface area (Å²) in [6.45, 7) is 4.48. The van der Waals surface area contributed by atoms with Crippen LogP contribution in [0.25, 0.3) is 0 Å². The number of hydrogen-bond acceptors (Lipinski definition) is 0. The third-order valence-corrected chi connectivity index (χ3v) is 4.19. The first kappa shape index (κ1) is 10.2. The quantitative estimate of drug-likeness (QED) is 0.715. The van der Waals surface area contributed by atoms with Gasteiger partial charge in [0.1, 0.15) is 0 Å². The Labute approximate surface area is 94.8 Å². The van der Waals surface area contributed by atoms with E-state index in [1.165, 1.54) is 24.0 Å². The van der Waals surface area contributed by atoms with Crippen LogP contribution < -0.4 is 0 Å². The summed E-state index contributed by atoms with van der Waals surface area (Å²) in [4.78, 5) is 0.681. The number of aryl methyl sites for hydroxylation is 1. The number of halogens is 1. The van der Waals surface area contributed by atoms with Crippen molar-refractivity contribution in [2.75, 3.05) is 0 Å². The zero-order valence-corrected chi connectivity index (χ0v) is 10.4. The number of alkyl halides is 1. The molecule has 14 heavy (non-hydrogen) atoms. The first-order valence-electron chi connectivity index (χ1n) is 5.36. The van der Waals surface area contributed by atoms with Crippen LogP contribution in [0.1, 0.15) is 24.5 Å². The van der Waals surface area contributed by atoms with Crippen molar-refractivity contribution in [1.29, 1.82) is 0 Å². The van der Waals surface area contributed by atoms with Gasteiger partial charge < -0.3 is 0 Å². The SMILES string of the molecule is Cc1ccc(CC(Br)C2CC2C)cc1. The van der Waals surface area contributed by atoms with Gasteiger partial charge >= 0.3 is 0 Å². The van der Waals surface area contributed by atoms with E-state index < -0.39 is 0 Å². The van der Waals surface area contributed by atoms with E-state index in [1.807, 2.05) is 0 Å². The smallest absolute Gasteiger partial charge is 0.0217 e. The second-order valence-electron chi connectivity index (χ2n) is 4.58. The zero-order valence-electron chi connectivity index (χ0n) is 8.83. The van der Waals surface area contributed by atoms with Gasteiger partial charge in [0.2, 0.25) is 0 Å². The summed E-state index contributed by atoms with van der Waals surface area (Å²) < 4.78 is 0. The van der Waals surface area contributed by atoms with Crippen molar-refractivity contribution in [3.8, 4) is 0 Å². The Morgan fingerprint density at radius 2 is 1.93 bits per heavy atom. The highest BCUT2D eigenvalue weighted by Gasteiger charge is 2.37. The lowest BCUT2D eigenvalue weighted by molar-refractivity contribution is 0.701. The van der Waals surface area contributed by atoms with Crippen molar-refractivity contribution in [2.24, 2.45) is 11.8 Å². The summed E-state index contributed by atoms with van der Waals surface area (Å²) in [5.74, 6) is 1.85. The van der Waals surface area contributed by atoms with Crippen molar-refractivity contribution >= 4 is 15.9 Å². The molecule has 0 saturated heterocycles. The standard InChI is InChI=1S/C13H17Br/c1-9-3-5-11(6-4-9)8-13(14)12-7-10(12)2/h3-6,10,12-13H,7-8H2,1-2H3. The van der Waals surface area contributed by atoms with Crippen LogP contribution >= 0.6 is 15.9 Å². The van der Waals surface area contributed by atoms with Crippen molar-refractivity contribution in [3.05, 3.63) is 35.4 Å². The third kappa shape index (κ3) is 2.38. The fourth-order valence-corrected chi connectivity index (χ4v) is 3.07. The van der Waals surface area contributed by atoms with Crippen LogP contribution in [0.3, 0.4) is 0 Å². The average molecular weight is 253 g/mol. The normalized spacial score (nSPS) is 27.4. The molecule has 2 rings (SSSR count). The lowest BCUT2D eigenvalue weighted by Gasteiger charge is -2.08. The van der Waals surface area contributed by atoms with Gasteiger partial charge in [0.05, 0.1) is 0 Å². The highest BCUT2D eigenvalue weighted by atomic mass is 79.9. The van der Waals surface area contributed by atoms with Gasteiger partial charge in [0.25, 0.3) is 0 Å². The minimum Gasteiger partial charge on any atom is -0.0884 e. The molecule has 1 fully saturated rings. The third-order valence-electron chi connectivity index (χ3n) is 3.19.